The standard InChI is InChI=1S/C16H26N4O2.2ClH/c1-3-20(4-2)14-6-5-13(11-18-14)19-15(21)16(12-17)7-9-22-10-8-16;;/h5-6,11H,3-4,7-10,12,17H2,1-2H3,(H,19,21);2*1H. The number of nitrogens with two attached hydrogens (primary N) is 1. The molecule has 1 aromatic heterocycles. The number of hydrogen-bond acceptors (Lipinski definition) is 5. The Bertz CT molecular complexity index is 489. The molecule has 24 heavy (non-hydrogen) atoms. The highest BCUT2D eigenvalue weighted by Crippen LogP contribution is 2.31. The second kappa shape index (κ2) is 10.7. The number of carbonyl (C=O) groups excluding carboxylic acids is 1. The molecule has 0 atom stereocenters. The minimum atomic E-state index is -0.518. The van der Waals surface area contributed by atoms with Gasteiger partial charge in [0.05, 0.1) is 17.3 Å². The minimum absolute atomic E-state index is 0. The second-order valence-corrected chi connectivity index (χ2v) is 5.63. The van der Waals surface area contributed by atoms with Gasteiger partial charge in [0.2, 0.25) is 5.91 Å². The van der Waals surface area contributed by atoms with E-state index in [4.69, 9.17) is 10.5 Å². The van der Waals surface area contributed by atoms with E-state index in [9.17, 15) is 4.79 Å². The molecule has 1 amide bonds. The maximum absolute atomic E-state index is 12.6. The summed E-state index contributed by atoms with van der Waals surface area (Å²) in [5.74, 6) is 0.887. The van der Waals surface area contributed by atoms with Crippen LogP contribution in [-0.2, 0) is 9.53 Å². The van der Waals surface area contributed by atoms with Crippen molar-refractivity contribution in [2.24, 2.45) is 11.1 Å². The van der Waals surface area contributed by atoms with Crippen LogP contribution in [0.3, 0.4) is 0 Å². The normalized spacial score (nSPS) is 15.6. The molecular formula is C16H28Cl2N4O2. The van der Waals surface area contributed by atoms with Crippen LogP contribution in [0.5, 0.6) is 0 Å². The molecule has 0 bridgehead atoms. The van der Waals surface area contributed by atoms with Crippen LogP contribution in [0.1, 0.15) is 26.7 Å². The molecule has 138 valence electrons. The first-order chi connectivity index (χ1) is 10.6. The lowest BCUT2D eigenvalue weighted by atomic mass is 9.79. The fourth-order valence-electron chi connectivity index (χ4n) is 2.74. The average Bonchev–Trinajstić information content (AvgIpc) is 2.58. The van der Waals surface area contributed by atoms with E-state index in [1.165, 1.54) is 0 Å². The molecule has 2 rings (SSSR count). The number of hydrogen-bond donors (Lipinski definition) is 2. The number of halogens is 2. The van der Waals surface area contributed by atoms with Gasteiger partial charge in [-0.25, -0.2) is 4.98 Å². The van der Waals surface area contributed by atoms with Crippen molar-refractivity contribution in [1.82, 2.24) is 4.98 Å². The molecule has 0 unspecified atom stereocenters. The minimum Gasteiger partial charge on any atom is -0.381 e. The largest absolute Gasteiger partial charge is 0.381 e. The first kappa shape index (κ1) is 22.9. The van der Waals surface area contributed by atoms with Crippen LogP contribution in [0.4, 0.5) is 11.5 Å². The molecule has 0 saturated carbocycles. The summed E-state index contributed by atoms with van der Waals surface area (Å²) in [6, 6.07) is 3.82. The third kappa shape index (κ3) is 5.21. The monoisotopic (exact) mass is 378 g/mol. The predicted molar refractivity (Wildman–Crippen MR) is 102 cm³/mol. The molecule has 6 nitrogen and oxygen atoms in total. The lowest BCUT2D eigenvalue weighted by Crippen LogP contribution is -2.46. The highest BCUT2D eigenvalue weighted by molar-refractivity contribution is 5.95. The zero-order valence-corrected chi connectivity index (χ0v) is 15.9. The Hall–Kier alpha value is -1.08. The molecule has 1 fully saturated rings. The Morgan fingerprint density at radius 3 is 2.38 bits per heavy atom. The molecule has 8 heteroatoms. The maximum Gasteiger partial charge on any atom is 0.232 e. The van der Waals surface area contributed by atoms with Crippen molar-refractivity contribution in [3.63, 3.8) is 0 Å². The average molecular weight is 379 g/mol. The molecule has 0 aromatic carbocycles. The van der Waals surface area contributed by atoms with Gasteiger partial charge in [-0.05, 0) is 38.8 Å². The smallest absolute Gasteiger partial charge is 0.232 e. The zero-order valence-electron chi connectivity index (χ0n) is 14.3. The number of ether oxygens (including phenoxy) is 1. The first-order valence-corrected chi connectivity index (χ1v) is 7.95. The van der Waals surface area contributed by atoms with E-state index in [0.29, 0.717) is 38.3 Å². The topological polar surface area (TPSA) is 80.5 Å². The number of pyridine rings is 1. The first-order valence-electron chi connectivity index (χ1n) is 7.95. The van der Waals surface area contributed by atoms with E-state index < -0.39 is 5.41 Å². The highest BCUT2D eigenvalue weighted by atomic mass is 35.5. The third-order valence-corrected chi connectivity index (χ3v) is 4.42. The number of aromatic nitrogens is 1. The molecule has 0 radical (unpaired) electrons. The summed E-state index contributed by atoms with van der Waals surface area (Å²) >= 11 is 0. The number of nitrogens with zero attached hydrogens (tertiary/aromatic N) is 2. The van der Waals surface area contributed by atoms with Gasteiger partial charge in [0.15, 0.2) is 0 Å². The van der Waals surface area contributed by atoms with Crippen LogP contribution in [0.15, 0.2) is 18.3 Å². The van der Waals surface area contributed by atoms with Crippen molar-refractivity contribution >= 4 is 42.2 Å². The summed E-state index contributed by atoms with van der Waals surface area (Å²) in [6.07, 6.45) is 3.04. The summed E-state index contributed by atoms with van der Waals surface area (Å²) < 4.78 is 5.34. The Balaban J connectivity index is 0.00000264. The Morgan fingerprint density at radius 1 is 1.29 bits per heavy atom. The van der Waals surface area contributed by atoms with E-state index in [2.05, 4.69) is 29.0 Å². The van der Waals surface area contributed by atoms with Crippen molar-refractivity contribution in [3.05, 3.63) is 18.3 Å². The Labute approximate surface area is 156 Å². The van der Waals surface area contributed by atoms with Crippen LogP contribution in [-0.4, -0.2) is 43.7 Å². The van der Waals surface area contributed by atoms with E-state index >= 15 is 0 Å². The van der Waals surface area contributed by atoms with Gasteiger partial charge in [-0.1, -0.05) is 0 Å². The second-order valence-electron chi connectivity index (χ2n) is 5.63. The van der Waals surface area contributed by atoms with Gasteiger partial charge in [0.1, 0.15) is 5.82 Å². The summed E-state index contributed by atoms with van der Waals surface area (Å²) in [5, 5.41) is 2.95. The molecule has 1 saturated heterocycles. The number of amides is 1. The number of rotatable bonds is 6. The van der Waals surface area contributed by atoms with Gasteiger partial charge in [-0.15, -0.1) is 24.8 Å². The third-order valence-electron chi connectivity index (χ3n) is 4.42. The van der Waals surface area contributed by atoms with Crippen molar-refractivity contribution < 1.29 is 9.53 Å². The fourth-order valence-corrected chi connectivity index (χ4v) is 2.74. The molecule has 1 aliphatic heterocycles. The number of nitrogens with one attached hydrogen (secondary N) is 1. The molecule has 3 N–H and O–H groups in total. The molecule has 2 heterocycles. The predicted octanol–water partition coefficient (Wildman–Crippen LogP) is 2.47. The van der Waals surface area contributed by atoms with E-state index in [1.54, 1.807) is 6.20 Å². The zero-order chi connectivity index (χ0) is 16.0. The van der Waals surface area contributed by atoms with Crippen LogP contribution in [0.2, 0.25) is 0 Å². The molecular weight excluding hydrogens is 351 g/mol. The van der Waals surface area contributed by atoms with Crippen LogP contribution < -0.4 is 16.0 Å². The summed E-state index contributed by atoms with van der Waals surface area (Å²) in [4.78, 5) is 19.1. The summed E-state index contributed by atoms with van der Waals surface area (Å²) in [6.45, 7) is 7.52. The Morgan fingerprint density at radius 2 is 1.92 bits per heavy atom. The Kier molecular flexibility index (Phi) is 10.2. The summed E-state index contributed by atoms with van der Waals surface area (Å²) in [5.41, 5.74) is 6.04. The number of anilines is 2. The van der Waals surface area contributed by atoms with Crippen molar-refractivity contribution in [1.29, 1.82) is 0 Å². The van der Waals surface area contributed by atoms with Gasteiger partial charge in [0.25, 0.3) is 0 Å². The van der Waals surface area contributed by atoms with Gasteiger partial charge < -0.3 is 20.7 Å². The maximum atomic E-state index is 12.6. The molecule has 1 aromatic rings. The van der Waals surface area contributed by atoms with E-state index in [1.807, 2.05) is 12.1 Å². The van der Waals surface area contributed by atoms with E-state index in [-0.39, 0.29) is 30.7 Å². The van der Waals surface area contributed by atoms with Crippen molar-refractivity contribution in [2.45, 2.75) is 26.7 Å². The highest BCUT2D eigenvalue weighted by Gasteiger charge is 2.38. The molecule has 0 aliphatic carbocycles. The molecule has 1 aliphatic rings. The number of carbonyl (C=O) groups is 1. The van der Waals surface area contributed by atoms with Gasteiger partial charge in [0, 0.05) is 32.8 Å². The van der Waals surface area contributed by atoms with Crippen molar-refractivity contribution in [2.75, 3.05) is 43.1 Å². The SMILES string of the molecule is CCN(CC)c1ccc(NC(=O)C2(CN)CCOCC2)cn1.Cl.Cl. The quantitative estimate of drug-likeness (QED) is 0.794. The van der Waals surface area contributed by atoms with Crippen LogP contribution in [0.25, 0.3) is 0 Å². The fraction of sp³-hybridized carbons (Fsp3) is 0.625. The summed E-state index contributed by atoms with van der Waals surface area (Å²) in [7, 11) is 0. The van der Waals surface area contributed by atoms with Gasteiger partial charge >= 0.3 is 0 Å². The van der Waals surface area contributed by atoms with Gasteiger partial charge in [-0.2, -0.15) is 0 Å². The molecule has 0 spiro atoms. The lowest BCUT2D eigenvalue weighted by molar-refractivity contribution is -0.130. The van der Waals surface area contributed by atoms with Crippen LogP contribution >= 0.6 is 24.8 Å². The van der Waals surface area contributed by atoms with Crippen LogP contribution in [0, 0.1) is 5.41 Å². The van der Waals surface area contributed by atoms with E-state index in [0.717, 1.165) is 18.9 Å². The van der Waals surface area contributed by atoms with Gasteiger partial charge in [-0.3, -0.25) is 4.79 Å². The lowest BCUT2D eigenvalue weighted by Gasteiger charge is -2.34. The van der Waals surface area contributed by atoms with Crippen molar-refractivity contribution in [3.8, 4) is 0 Å².